The van der Waals surface area contributed by atoms with Gasteiger partial charge in [0.25, 0.3) is 0 Å². The largest absolute Gasteiger partial charge is 0.355 e. The zero-order valence-electron chi connectivity index (χ0n) is 16.7. The van der Waals surface area contributed by atoms with Crippen LogP contribution in [-0.4, -0.2) is 68.0 Å². The molecule has 6 nitrogen and oxygen atoms in total. The lowest BCUT2D eigenvalue weighted by atomic mass is 10.2. The molecular weight excluding hydrogens is 479 g/mol. The third-order valence-electron chi connectivity index (χ3n) is 4.73. The van der Waals surface area contributed by atoms with Gasteiger partial charge in [0.1, 0.15) is 11.6 Å². The van der Waals surface area contributed by atoms with Crippen LogP contribution in [0.3, 0.4) is 0 Å². The van der Waals surface area contributed by atoms with Crippen molar-refractivity contribution in [3.05, 3.63) is 35.4 Å². The molecule has 1 aliphatic rings. The molecule has 0 saturated carbocycles. The topological polar surface area (TPSA) is 60.0 Å². The predicted molar refractivity (Wildman–Crippen MR) is 118 cm³/mol. The van der Waals surface area contributed by atoms with Crippen LogP contribution in [0.25, 0.3) is 0 Å². The number of nitrogens with zero attached hydrogens (tertiary/aromatic N) is 3. The van der Waals surface area contributed by atoms with E-state index in [0.29, 0.717) is 18.5 Å². The zero-order chi connectivity index (χ0) is 19.8. The van der Waals surface area contributed by atoms with E-state index in [4.69, 9.17) is 0 Å². The second-order valence-electron chi connectivity index (χ2n) is 6.85. The van der Waals surface area contributed by atoms with Crippen LogP contribution in [0.15, 0.2) is 23.2 Å². The molecule has 0 radical (unpaired) electrons. The number of amides is 1. The summed E-state index contributed by atoms with van der Waals surface area (Å²) < 4.78 is 27.2. The number of likely N-dealkylation sites (tertiary alicyclic amines) is 1. The molecule has 0 spiro atoms. The number of halogens is 3. The number of likely N-dealkylation sites (N-methyl/N-ethyl adjacent to an activating group) is 2. The monoisotopic (exact) mass is 509 g/mol. The Morgan fingerprint density at radius 3 is 2.75 bits per heavy atom. The van der Waals surface area contributed by atoms with Gasteiger partial charge >= 0.3 is 0 Å². The number of hydrogen-bond acceptors (Lipinski definition) is 3. The number of nitrogens with one attached hydrogen (secondary N) is 2. The van der Waals surface area contributed by atoms with Crippen LogP contribution >= 0.6 is 24.0 Å². The van der Waals surface area contributed by atoms with Crippen molar-refractivity contribution in [1.29, 1.82) is 0 Å². The number of guanidine groups is 1. The van der Waals surface area contributed by atoms with Gasteiger partial charge in [-0.05, 0) is 44.1 Å². The molecule has 1 aromatic carbocycles. The van der Waals surface area contributed by atoms with Crippen LogP contribution in [0.2, 0.25) is 0 Å². The highest BCUT2D eigenvalue weighted by Gasteiger charge is 2.23. The van der Waals surface area contributed by atoms with Crippen LogP contribution in [0, 0.1) is 11.6 Å². The lowest BCUT2D eigenvalue weighted by Crippen LogP contribution is -2.47. The molecule has 2 N–H and O–H groups in total. The molecule has 2 rings (SSSR count). The standard InChI is InChI=1S/C19H29F2N5O.HI/c1-4-26-9-5-6-16(26)12-23-19(24-13-18(27)25(2)3)22-11-14-10-15(20)7-8-17(14)21;/h7-8,10,16H,4-6,9,11-13H2,1-3H3,(H2,22,23,24);1H. The molecule has 0 bridgehead atoms. The van der Waals surface area contributed by atoms with Gasteiger partial charge in [-0.2, -0.15) is 0 Å². The first-order valence-corrected chi connectivity index (χ1v) is 9.31. The summed E-state index contributed by atoms with van der Waals surface area (Å²) in [5, 5.41) is 6.21. The summed E-state index contributed by atoms with van der Waals surface area (Å²) in [6.07, 6.45) is 2.26. The molecule has 1 aromatic rings. The smallest absolute Gasteiger partial charge is 0.241 e. The fraction of sp³-hybridized carbons (Fsp3) is 0.579. The van der Waals surface area contributed by atoms with Crippen molar-refractivity contribution >= 4 is 35.8 Å². The second-order valence-corrected chi connectivity index (χ2v) is 6.85. The molecule has 0 aromatic heterocycles. The maximum atomic E-state index is 13.8. The number of carbonyl (C=O) groups is 1. The summed E-state index contributed by atoms with van der Waals surface area (Å²) in [5.74, 6) is -0.692. The van der Waals surface area contributed by atoms with E-state index >= 15 is 0 Å². The highest BCUT2D eigenvalue weighted by atomic mass is 127. The Hall–Kier alpha value is -1.49. The van der Waals surface area contributed by atoms with Crippen molar-refractivity contribution in [1.82, 2.24) is 20.4 Å². The van der Waals surface area contributed by atoms with Crippen LogP contribution in [-0.2, 0) is 11.3 Å². The van der Waals surface area contributed by atoms with Gasteiger partial charge in [0.05, 0.1) is 13.1 Å². The Kier molecular flexibility index (Phi) is 10.7. The summed E-state index contributed by atoms with van der Waals surface area (Å²) >= 11 is 0. The fourth-order valence-corrected chi connectivity index (χ4v) is 3.08. The minimum Gasteiger partial charge on any atom is -0.355 e. The van der Waals surface area contributed by atoms with Crippen molar-refractivity contribution in [2.45, 2.75) is 32.4 Å². The van der Waals surface area contributed by atoms with E-state index in [1.54, 1.807) is 14.1 Å². The Balaban J connectivity index is 0.00000392. The number of hydrogen-bond donors (Lipinski definition) is 2. The lowest BCUT2D eigenvalue weighted by molar-refractivity contribution is -0.127. The number of rotatable bonds is 7. The zero-order valence-corrected chi connectivity index (χ0v) is 19.0. The average molecular weight is 509 g/mol. The molecule has 1 amide bonds. The highest BCUT2D eigenvalue weighted by molar-refractivity contribution is 14.0. The maximum absolute atomic E-state index is 13.8. The van der Waals surface area contributed by atoms with Crippen molar-refractivity contribution in [2.24, 2.45) is 4.99 Å². The van der Waals surface area contributed by atoms with Crippen LogP contribution < -0.4 is 10.6 Å². The van der Waals surface area contributed by atoms with Gasteiger partial charge in [0, 0.05) is 32.2 Å². The van der Waals surface area contributed by atoms with Gasteiger partial charge in [-0.25, -0.2) is 13.8 Å². The molecule has 1 aliphatic heterocycles. The van der Waals surface area contributed by atoms with E-state index in [9.17, 15) is 13.6 Å². The van der Waals surface area contributed by atoms with Crippen molar-refractivity contribution in [3.63, 3.8) is 0 Å². The summed E-state index contributed by atoms with van der Waals surface area (Å²) in [6.45, 7) is 4.94. The number of aliphatic imine (C=N–C) groups is 1. The van der Waals surface area contributed by atoms with Crippen molar-refractivity contribution in [3.8, 4) is 0 Å². The number of carbonyl (C=O) groups excluding carboxylic acids is 1. The minimum absolute atomic E-state index is 0. The Morgan fingerprint density at radius 2 is 2.07 bits per heavy atom. The number of benzene rings is 1. The first kappa shape index (κ1) is 24.5. The summed E-state index contributed by atoms with van der Waals surface area (Å²) in [5.41, 5.74) is 0.172. The SMILES string of the molecule is CCN1CCCC1CNC(=NCc1cc(F)ccc1F)NCC(=O)N(C)C.I. The third kappa shape index (κ3) is 7.50. The van der Waals surface area contributed by atoms with Crippen molar-refractivity contribution in [2.75, 3.05) is 40.3 Å². The van der Waals surface area contributed by atoms with E-state index in [1.807, 2.05) is 0 Å². The van der Waals surface area contributed by atoms with Gasteiger partial charge in [0.15, 0.2) is 5.96 Å². The highest BCUT2D eigenvalue weighted by Crippen LogP contribution is 2.15. The van der Waals surface area contributed by atoms with E-state index in [-0.39, 0.29) is 48.5 Å². The summed E-state index contributed by atoms with van der Waals surface area (Å²) in [7, 11) is 3.35. The molecule has 9 heteroatoms. The van der Waals surface area contributed by atoms with Gasteiger partial charge in [0.2, 0.25) is 5.91 Å². The molecule has 0 aliphatic carbocycles. The maximum Gasteiger partial charge on any atom is 0.241 e. The molecular formula is C19H30F2IN5O. The van der Waals surface area contributed by atoms with E-state index in [2.05, 4.69) is 27.4 Å². The van der Waals surface area contributed by atoms with E-state index < -0.39 is 11.6 Å². The molecule has 1 saturated heterocycles. The summed E-state index contributed by atoms with van der Waals surface area (Å²) in [6, 6.07) is 3.71. The minimum atomic E-state index is -0.503. The van der Waals surface area contributed by atoms with Gasteiger partial charge < -0.3 is 15.5 Å². The van der Waals surface area contributed by atoms with Crippen molar-refractivity contribution < 1.29 is 13.6 Å². The fourth-order valence-electron chi connectivity index (χ4n) is 3.08. The molecule has 1 atom stereocenters. The first-order valence-electron chi connectivity index (χ1n) is 9.31. The molecule has 1 fully saturated rings. The van der Waals surface area contributed by atoms with E-state index in [0.717, 1.165) is 44.1 Å². The predicted octanol–water partition coefficient (Wildman–Crippen LogP) is 2.19. The molecule has 1 unspecified atom stereocenters. The normalized spacial score (nSPS) is 17.2. The van der Waals surface area contributed by atoms with Gasteiger partial charge in [-0.3, -0.25) is 9.69 Å². The van der Waals surface area contributed by atoms with Crippen LogP contribution in [0.1, 0.15) is 25.3 Å². The molecule has 1 heterocycles. The van der Waals surface area contributed by atoms with Crippen LogP contribution in [0.5, 0.6) is 0 Å². The molecule has 28 heavy (non-hydrogen) atoms. The second kappa shape index (κ2) is 12.2. The summed E-state index contributed by atoms with van der Waals surface area (Å²) in [4.78, 5) is 20.0. The Morgan fingerprint density at radius 1 is 1.32 bits per heavy atom. The van der Waals surface area contributed by atoms with Gasteiger partial charge in [-0.1, -0.05) is 6.92 Å². The third-order valence-corrected chi connectivity index (χ3v) is 4.73. The Bertz CT molecular complexity index is 672. The van der Waals surface area contributed by atoms with E-state index in [1.165, 1.54) is 4.90 Å². The lowest BCUT2D eigenvalue weighted by Gasteiger charge is -2.24. The molecule has 158 valence electrons. The quantitative estimate of drug-likeness (QED) is 0.336. The first-order chi connectivity index (χ1) is 12.9. The van der Waals surface area contributed by atoms with Gasteiger partial charge in [-0.15, -0.1) is 24.0 Å². The van der Waals surface area contributed by atoms with Crippen LogP contribution in [0.4, 0.5) is 8.78 Å². The average Bonchev–Trinajstić information content (AvgIpc) is 3.10. The Labute approximate surface area is 182 Å².